The summed E-state index contributed by atoms with van der Waals surface area (Å²) in [6, 6.07) is 12.3. The molecule has 1 amide bonds. The normalized spacial score (nSPS) is 26.2. The highest BCUT2D eigenvalue weighted by molar-refractivity contribution is 6.31. The number of carboxylic acids is 1. The maximum atomic E-state index is 15.0. The second-order valence-corrected chi connectivity index (χ2v) is 10.5. The molecule has 0 unspecified atom stereocenters. The van der Waals surface area contributed by atoms with Crippen LogP contribution in [0.1, 0.15) is 43.2 Å². The minimum absolute atomic E-state index is 0.0146. The number of halogens is 2. The molecule has 7 nitrogen and oxygen atoms in total. The van der Waals surface area contributed by atoms with Gasteiger partial charge in [0.15, 0.2) is 0 Å². The lowest BCUT2D eigenvalue weighted by Gasteiger charge is -2.45. The third-order valence-corrected chi connectivity index (χ3v) is 8.06. The van der Waals surface area contributed by atoms with Crippen LogP contribution in [0.2, 0.25) is 5.02 Å². The zero-order valence-corrected chi connectivity index (χ0v) is 21.2. The van der Waals surface area contributed by atoms with Gasteiger partial charge in [0.1, 0.15) is 23.7 Å². The average Bonchev–Trinajstić information content (AvgIpc) is 3.28. The lowest BCUT2D eigenvalue weighted by molar-refractivity contribution is -0.141. The van der Waals surface area contributed by atoms with Crippen molar-refractivity contribution in [2.45, 2.75) is 56.2 Å². The van der Waals surface area contributed by atoms with E-state index in [-0.39, 0.29) is 29.4 Å². The molecular formula is C27H32ClFN2O5. The second-order valence-electron chi connectivity index (χ2n) is 10.1. The summed E-state index contributed by atoms with van der Waals surface area (Å²) in [6.45, 7) is -0.0780. The molecule has 0 bridgehead atoms. The topological polar surface area (TPSA) is 90.3 Å². The summed E-state index contributed by atoms with van der Waals surface area (Å²) in [7, 11) is 4.22. The van der Waals surface area contributed by atoms with Crippen molar-refractivity contribution in [2.75, 3.05) is 20.6 Å². The van der Waals surface area contributed by atoms with Crippen LogP contribution in [0.3, 0.4) is 0 Å². The third kappa shape index (κ3) is 5.30. The Labute approximate surface area is 215 Å². The summed E-state index contributed by atoms with van der Waals surface area (Å²) in [5.74, 6) is -1.09. The van der Waals surface area contributed by atoms with E-state index in [1.165, 1.54) is 11.6 Å². The molecule has 2 aromatic rings. The first-order chi connectivity index (χ1) is 17.1. The lowest BCUT2D eigenvalue weighted by atomic mass is 9.70. The van der Waals surface area contributed by atoms with Crippen LogP contribution in [0.15, 0.2) is 42.5 Å². The zero-order chi connectivity index (χ0) is 26.0. The summed E-state index contributed by atoms with van der Waals surface area (Å²) in [5.41, 5.74) is 1.71. The Balaban J connectivity index is 1.45. The van der Waals surface area contributed by atoms with Gasteiger partial charge in [-0.15, -0.1) is 0 Å². The van der Waals surface area contributed by atoms with E-state index in [9.17, 15) is 24.2 Å². The van der Waals surface area contributed by atoms with E-state index in [1.54, 1.807) is 6.07 Å². The first-order valence-corrected chi connectivity index (χ1v) is 12.6. The van der Waals surface area contributed by atoms with Crippen molar-refractivity contribution in [3.63, 3.8) is 0 Å². The predicted octanol–water partition coefficient (Wildman–Crippen LogP) is 5.25. The van der Waals surface area contributed by atoms with E-state index in [2.05, 4.69) is 43.3 Å². The van der Waals surface area contributed by atoms with Crippen molar-refractivity contribution in [3.8, 4) is 5.75 Å². The molecule has 36 heavy (non-hydrogen) atoms. The molecule has 0 radical (unpaired) electrons. The molecule has 2 atom stereocenters. The SMILES string of the molecule is CN(C)C1(c2ccccc2)CCC(Cc2cc(O[C@H]3C[C@@H](C(=O)O)N(C(=O)O)C3)cc(Cl)c2F)CC1. The Morgan fingerprint density at radius 3 is 2.39 bits per heavy atom. The molecule has 9 heteroatoms. The maximum absolute atomic E-state index is 15.0. The van der Waals surface area contributed by atoms with Crippen LogP contribution in [0.25, 0.3) is 0 Å². The van der Waals surface area contributed by atoms with Gasteiger partial charge in [-0.3, -0.25) is 9.80 Å². The van der Waals surface area contributed by atoms with Crippen molar-refractivity contribution < 1.29 is 28.9 Å². The summed E-state index contributed by atoms with van der Waals surface area (Å²) in [5, 5.41) is 18.6. The van der Waals surface area contributed by atoms with Crippen LogP contribution in [0.5, 0.6) is 5.75 Å². The number of carboxylic acid groups (broad SMARTS) is 2. The first kappa shape index (κ1) is 26.2. The number of amides is 1. The van der Waals surface area contributed by atoms with E-state index in [0.717, 1.165) is 30.6 Å². The molecule has 2 fully saturated rings. The molecule has 4 rings (SSSR count). The predicted molar refractivity (Wildman–Crippen MR) is 134 cm³/mol. The highest BCUT2D eigenvalue weighted by atomic mass is 35.5. The minimum Gasteiger partial charge on any atom is -0.488 e. The van der Waals surface area contributed by atoms with E-state index in [1.807, 2.05) is 6.07 Å². The molecule has 0 spiro atoms. The zero-order valence-electron chi connectivity index (χ0n) is 20.5. The number of benzene rings is 2. The van der Waals surface area contributed by atoms with Crippen molar-refractivity contribution in [2.24, 2.45) is 5.92 Å². The van der Waals surface area contributed by atoms with Gasteiger partial charge in [-0.2, -0.15) is 0 Å². The second kappa shape index (κ2) is 10.6. The smallest absolute Gasteiger partial charge is 0.408 e. The number of nitrogens with zero attached hydrogens (tertiary/aromatic N) is 2. The Hall–Kier alpha value is -2.84. The van der Waals surface area contributed by atoms with Crippen molar-refractivity contribution >= 4 is 23.7 Å². The molecule has 2 aromatic carbocycles. The number of likely N-dealkylation sites (tertiary alicyclic amines) is 1. The van der Waals surface area contributed by atoms with E-state index in [0.29, 0.717) is 17.7 Å². The quantitative estimate of drug-likeness (QED) is 0.520. The summed E-state index contributed by atoms with van der Waals surface area (Å²) in [4.78, 5) is 26.0. The van der Waals surface area contributed by atoms with Gasteiger partial charge >= 0.3 is 12.1 Å². The van der Waals surface area contributed by atoms with Crippen molar-refractivity contribution in [1.82, 2.24) is 9.80 Å². The molecule has 1 aliphatic heterocycles. The van der Waals surface area contributed by atoms with Gasteiger partial charge in [-0.25, -0.2) is 14.0 Å². The van der Waals surface area contributed by atoms with Gasteiger partial charge in [0.2, 0.25) is 0 Å². The third-order valence-electron chi connectivity index (χ3n) is 7.78. The average molecular weight is 519 g/mol. The lowest BCUT2D eigenvalue weighted by Crippen LogP contribution is -2.44. The van der Waals surface area contributed by atoms with Crippen LogP contribution in [-0.2, 0) is 16.8 Å². The number of ether oxygens (including phenoxy) is 1. The largest absolute Gasteiger partial charge is 0.488 e. The van der Waals surface area contributed by atoms with Crippen LogP contribution in [0.4, 0.5) is 9.18 Å². The number of aliphatic carboxylic acids is 1. The molecule has 2 aliphatic rings. The number of hydrogen-bond donors (Lipinski definition) is 2. The highest BCUT2D eigenvalue weighted by Crippen LogP contribution is 2.44. The summed E-state index contributed by atoms with van der Waals surface area (Å²) >= 11 is 6.19. The van der Waals surface area contributed by atoms with Crippen molar-refractivity contribution in [1.29, 1.82) is 0 Å². The fourth-order valence-electron chi connectivity index (χ4n) is 5.77. The van der Waals surface area contributed by atoms with Gasteiger partial charge in [0.05, 0.1) is 11.6 Å². The number of rotatable bonds is 7. The molecule has 194 valence electrons. The van der Waals surface area contributed by atoms with E-state index in [4.69, 9.17) is 16.3 Å². The first-order valence-electron chi connectivity index (χ1n) is 12.2. The minimum atomic E-state index is -1.31. The summed E-state index contributed by atoms with van der Waals surface area (Å²) in [6.07, 6.45) is 2.36. The Morgan fingerprint density at radius 1 is 1.17 bits per heavy atom. The summed E-state index contributed by atoms with van der Waals surface area (Å²) < 4.78 is 20.9. The number of hydrogen-bond acceptors (Lipinski definition) is 4. The van der Waals surface area contributed by atoms with Crippen LogP contribution in [-0.4, -0.2) is 64.9 Å². The molecule has 2 N–H and O–H groups in total. The molecule has 0 aromatic heterocycles. The Bertz CT molecular complexity index is 1080. The van der Waals surface area contributed by atoms with Gasteiger partial charge in [-0.05, 0) is 69.3 Å². The Morgan fingerprint density at radius 2 is 1.83 bits per heavy atom. The van der Waals surface area contributed by atoms with Crippen LogP contribution < -0.4 is 4.74 Å². The fourth-order valence-corrected chi connectivity index (χ4v) is 6.00. The van der Waals surface area contributed by atoms with Gasteiger partial charge in [-0.1, -0.05) is 41.9 Å². The molecule has 1 heterocycles. The van der Waals surface area contributed by atoms with Crippen molar-refractivity contribution in [3.05, 3.63) is 64.4 Å². The molecule has 1 aliphatic carbocycles. The standard InChI is InChI=1S/C27H32ClFN2O5/c1-30(2)27(19-6-4-3-5-7-19)10-8-17(9-11-27)12-18-13-20(14-22(28)24(18)29)36-21-15-23(25(32)33)31(16-21)26(34)35/h3-7,13-14,17,21,23H,8-12,15-16H2,1-2H3,(H,32,33)(H,34,35)/t17?,21-,23-,27?/m0/s1. The fraction of sp³-hybridized carbons (Fsp3) is 0.481. The van der Waals surface area contributed by atoms with Gasteiger partial charge in [0, 0.05) is 18.0 Å². The number of carbonyl (C=O) groups is 2. The Kier molecular flexibility index (Phi) is 7.76. The monoisotopic (exact) mass is 518 g/mol. The van der Waals surface area contributed by atoms with Gasteiger partial charge < -0.3 is 14.9 Å². The molecule has 1 saturated carbocycles. The van der Waals surface area contributed by atoms with Crippen LogP contribution in [0, 0.1) is 11.7 Å². The molecular weight excluding hydrogens is 487 g/mol. The van der Waals surface area contributed by atoms with E-state index >= 15 is 0 Å². The van der Waals surface area contributed by atoms with Crippen LogP contribution >= 0.6 is 11.6 Å². The van der Waals surface area contributed by atoms with Gasteiger partial charge in [0.25, 0.3) is 0 Å². The highest BCUT2D eigenvalue weighted by Gasteiger charge is 2.41. The molecule has 1 saturated heterocycles. The maximum Gasteiger partial charge on any atom is 0.408 e. The van der Waals surface area contributed by atoms with E-state index < -0.39 is 30.0 Å².